The van der Waals surface area contributed by atoms with Gasteiger partial charge in [-0.3, -0.25) is 0 Å². The first-order valence-electron chi connectivity index (χ1n) is 16.0. The molecule has 4 nitrogen and oxygen atoms in total. The second kappa shape index (κ2) is 16.6. The van der Waals surface area contributed by atoms with E-state index in [9.17, 15) is 0 Å². The van der Waals surface area contributed by atoms with Gasteiger partial charge >= 0.3 is 0 Å². The summed E-state index contributed by atoms with van der Waals surface area (Å²) in [7, 11) is 7.21. The third kappa shape index (κ3) is 8.02. The van der Waals surface area contributed by atoms with Gasteiger partial charge in [-0.2, -0.15) is 22.7 Å². The van der Waals surface area contributed by atoms with E-state index in [1.165, 1.54) is 65.8 Å². The van der Waals surface area contributed by atoms with Gasteiger partial charge in [0.15, 0.2) is 6.20 Å². The number of benzene rings is 4. The van der Waals surface area contributed by atoms with Gasteiger partial charge in [0.2, 0.25) is 5.52 Å². The van der Waals surface area contributed by atoms with Crippen molar-refractivity contribution in [1.82, 2.24) is 0 Å². The quantitative estimate of drug-likeness (QED) is 0.0827. The fraction of sp³-hybridized carbons (Fsp3) is 0.308. The van der Waals surface area contributed by atoms with Crippen molar-refractivity contribution in [3.05, 3.63) is 115 Å². The molecular weight excluding hydrogens is 541 g/mol. The average molecular weight is 590 g/mol. The number of para-hydroxylation sites is 1. The summed E-state index contributed by atoms with van der Waals surface area (Å²) in [5.74, 6) is 2.65. The molecule has 0 unspecified atom stereocenters. The second-order valence-electron chi connectivity index (χ2n) is 11.6. The zero-order valence-electron chi connectivity index (χ0n) is 27.2. The van der Waals surface area contributed by atoms with Crippen LogP contribution in [0.5, 0.6) is 17.2 Å². The van der Waals surface area contributed by atoms with Gasteiger partial charge in [0, 0.05) is 17.5 Å². The van der Waals surface area contributed by atoms with Gasteiger partial charge in [-0.1, -0.05) is 94.0 Å². The Hall–Kier alpha value is -4.25. The second-order valence-corrected chi connectivity index (χ2v) is 11.6. The Bertz CT molecular complexity index is 1430. The summed E-state index contributed by atoms with van der Waals surface area (Å²) in [4.78, 5) is 0. The molecule has 1 aromatic heterocycles. The Morgan fingerprint density at radius 3 is 1.41 bits per heavy atom. The molecule has 0 aliphatic heterocycles. The Kier molecular flexibility index (Phi) is 12.3. The molecule has 5 aromatic rings. The van der Waals surface area contributed by atoms with Gasteiger partial charge in [0.1, 0.15) is 24.3 Å². The standard InChI is InChI=1S/C29H38BO3.C10H10N/c1-5-6-7-8-9-10-23-30(24-11-17-27(31-2)18-12-24,25-13-19-28(32-3)20-14-25)26-15-21-29(33-4)22-16-26;1-11-8-4-6-9-5-2-3-7-10(9)11/h11-22H,5-10,23H2,1-4H3;2-8H,1H3/q-1;+1. The van der Waals surface area contributed by atoms with E-state index < -0.39 is 6.15 Å². The number of rotatable bonds is 13. The molecule has 0 aliphatic rings. The van der Waals surface area contributed by atoms with Crippen LogP contribution in [0.3, 0.4) is 0 Å². The first-order chi connectivity index (χ1) is 21.5. The van der Waals surface area contributed by atoms with E-state index in [1.54, 1.807) is 21.3 Å². The van der Waals surface area contributed by atoms with Crippen LogP contribution in [0.2, 0.25) is 6.32 Å². The predicted molar refractivity (Wildman–Crippen MR) is 187 cm³/mol. The monoisotopic (exact) mass is 589 g/mol. The van der Waals surface area contributed by atoms with Crippen LogP contribution in [0.4, 0.5) is 0 Å². The highest BCUT2D eigenvalue weighted by Crippen LogP contribution is 2.22. The molecule has 0 amide bonds. The highest BCUT2D eigenvalue weighted by molar-refractivity contribution is 7.11. The molecule has 0 saturated heterocycles. The van der Waals surface area contributed by atoms with Crippen molar-refractivity contribution in [3.8, 4) is 17.2 Å². The van der Waals surface area contributed by atoms with E-state index in [0.717, 1.165) is 23.6 Å². The molecule has 4 aromatic carbocycles. The fourth-order valence-corrected chi connectivity index (χ4v) is 6.41. The lowest BCUT2D eigenvalue weighted by molar-refractivity contribution is -0.644. The number of ether oxygens (including phenoxy) is 3. The molecule has 5 rings (SSSR count). The lowest BCUT2D eigenvalue weighted by Gasteiger charge is -2.43. The number of fused-ring (bicyclic) bond motifs is 1. The molecule has 0 saturated carbocycles. The van der Waals surface area contributed by atoms with Crippen molar-refractivity contribution in [3.63, 3.8) is 0 Å². The number of nitrogens with zero attached hydrogens (tertiary/aromatic N) is 1. The first kappa shape index (κ1) is 32.7. The molecule has 230 valence electrons. The maximum atomic E-state index is 5.46. The molecule has 0 atom stereocenters. The fourth-order valence-electron chi connectivity index (χ4n) is 6.41. The summed E-state index contributed by atoms with van der Waals surface area (Å²) in [6.07, 6.45) is 9.65. The van der Waals surface area contributed by atoms with Gasteiger partial charge in [-0.05, 0) is 48.5 Å². The van der Waals surface area contributed by atoms with Crippen LogP contribution in [-0.4, -0.2) is 27.5 Å². The first-order valence-corrected chi connectivity index (χ1v) is 16.0. The Labute approximate surface area is 264 Å². The number of unbranched alkanes of at least 4 members (excludes halogenated alkanes) is 5. The highest BCUT2D eigenvalue weighted by Gasteiger charge is 2.29. The number of methoxy groups -OCH3 is 3. The number of hydrogen-bond acceptors (Lipinski definition) is 3. The summed E-state index contributed by atoms with van der Waals surface area (Å²) in [6.45, 7) is 2.27. The normalized spacial score (nSPS) is 11.0. The van der Waals surface area contributed by atoms with Crippen molar-refractivity contribution < 1.29 is 18.8 Å². The van der Waals surface area contributed by atoms with Crippen molar-refractivity contribution in [2.75, 3.05) is 21.3 Å². The van der Waals surface area contributed by atoms with Crippen molar-refractivity contribution in [2.45, 2.75) is 51.8 Å². The smallest absolute Gasteiger partial charge is 0.212 e. The SMILES string of the molecule is CCCCCCCC[B-](c1ccc(OC)cc1)(c1ccc(OC)cc1)c1ccc(OC)cc1.C[n+]1cccc2ccccc21. The summed E-state index contributed by atoms with van der Waals surface area (Å²) in [5.41, 5.74) is 5.27. The molecule has 0 spiro atoms. The number of hydrogen-bond donors (Lipinski definition) is 0. The van der Waals surface area contributed by atoms with Crippen molar-refractivity contribution in [1.29, 1.82) is 0 Å². The predicted octanol–water partition coefficient (Wildman–Crippen LogP) is 7.21. The number of aryl methyl sites for hydroxylation is 1. The zero-order chi connectivity index (χ0) is 31.2. The molecule has 0 fully saturated rings. The van der Waals surface area contributed by atoms with E-state index in [0.29, 0.717) is 0 Å². The maximum Gasteiger partial charge on any atom is 0.212 e. The average Bonchev–Trinajstić information content (AvgIpc) is 3.09. The summed E-state index contributed by atoms with van der Waals surface area (Å²) >= 11 is 0. The van der Waals surface area contributed by atoms with Crippen LogP contribution in [0.15, 0.2) is 115 Å². The van der Waals surface area contributed by atoms with Crippen molar-refractivity contribution in [2.24, 2.45) is 7.05 Å². The van der Waals surface area contributed by atoms with Gasteiger partial charge in [-0.15, -0.1) is 0 Å². The lowest BCUT2D eigenvalue weighted by Crippen LogP contribution is -2.66. The molecular formula is C39H48BNO3. The number of pyridine rings is 1. The third-order valence-electron chi connectivity index (χ3n) is 8.95. The van der Waals surface area contributed by atoms with Crippen LogP contribution >= 0.6 is 0 Å². The van der Waals surface area contributed by atoms with Crippen LogP contribution in [0, 0.1) is 0 Å². The molecule has 44 heavy (non-hydrogen) atoms. The Morgan fingerprint density at radius 2 is 0.955 bits per heavy atom. The van der Waals surface area contributed by atoms with E-state index in [1.807, 2.05) is 0 Å². The lowest BCUT2D eigenvalue weighted by atomic mass is 9.14. The van der Waals surface area contributed by atoms with Gasteiger partial charge in [-0.25, -0.2) is 4.57 Å². The van der Waals surface area contributed by atoms with E-state index >= 15 is 0 Å². The van der Waals surface area contributed by atoms with E-state index in [4.69, 9.17) is 14.2 Å². The minimum atomic E-state index is -1.17. The van der Waals surface area contributed by atoms with Crippen LogP contribution in [0.1, 0.15) is 45.4 Å². The van der Waals surface area contributed by atoms with E-state index in [-0.39, 0.29) is 0 Å². The largest absolute Gasteiger partial charge is 0.497 e. The van der Waals surface area contributed by atoms with Crippen molar-refractivity contribution >= 4 is 33.4 Å². The Balaban J connectivity index is 0.000000333. The number of aromatic nitrogens is 1. The molecule has 1 heterocycles. The van der Waals surface area contributed by atoms with E-state index in [2.05, 4.69) is 134 Å². The summed E-state index contributed by atoms with van der Waals surface area (Å²) in [6, 6.07) is 38.5. The van der Waals surface area contributed by atoms with Crippen LogP contribution < -0.4 is 35.2 Å². The van der Waals surface area contributed by atoms with Crippen LogP contribution in [0.25, 0.3) is 10.9 Å². The third-order valence-corrected chi connectivity index (χ3v) is 8.95. The maximum absolute atomic E-state index is 5.46. The van der Waals surface area contributed by atoms with Gasteiger partial charge in [0.25, 0.3) is 0 Å². The van der Waals surface area contributed by atoms with Gasteiger partial charge < -0.3 is 14.2 Å². The molecule has 0 N–H and O–H groups in total. The van der Waals surface area contributed by atoms with Gasteiger partial charge in [0.05, 0.1) is 27.5 Å². The minimum Gasteiger partial charge on any atom is -0.497 e. The molecule has 0 aliphatic carbocycles. The highest BCUT2D eigenvalue weighted by atomic mass is 16.5. The summed E-state index contributed by atoms with van der Waals surface area (Å²) < 4.78 is 18.5. The topological polar surface area (TPSA) is 31.6 Å². The minimum absolute atomic E-state index is 0.882. The summed E-state index contributed by atoms with van der Waals surface area (Å²) in [5, 5.41) is 1.29. The zero-order valence-corrected chi connectivity index (χ0v) is 27.2. The molecule has 0 radical (unpaired) electrons. The molecule has 0 bridgehead atoms. The molecule has 5 heteroatoms. The Morgan fingerprint density at radius 1 is 0.523 bits per heavy atom. The van der Waals surface area contributed by atoms with Crippen LogP contribution in [-0.2, 0) is 7.05 Å².